The Morgan fingerprint density at radius 1 is 1.00 bits per heavy atom. The molecule has 0 aromatic heterocycles. The number of carbonyl (C=O) groups is 1. The summed E-state index contributed by atoms with van der Waals surface area (Å²) in [6, 6.07) is 18.3. The quantitative estimate of drug-likeness (QED) is 0.824. The number of benzene rings is 2. The molecule has 2 aromatic carbocycles. The lowest BCUT2D eigenvalue weighted by Crippen LogP contribution is -2.44. The van der Waals surface area contributed by atoms with E-state index in [1.54, 1.807) is 0 Å². The van der Waals surface area contributed by atoms with Gasteiger partial charge in [-0.05, 0) is 37.9 Å². The van der Waals surface area contributed by atoms with Crippen molar-refractivity contribution in [3.05, 3.63) is 71.3 Å². The summed E-state index contributed by atoms with van der Waals surface area (Å²) in [6.45, 7) is 2.73. The van der Waals surface area contributed by atoms with Crippen molar-refractivity contribution in [1.29, 1.82) is 0 Å². The second kappa shape index (κ2) is 8.35. The van der Waals surface area contributed by atoms with Crippen molar-refractivity contribution in [2.75, 3.05) is 13.6 Å². The maximum Gasteiger partial charge on any atom is 0.237 e. The highest BCUT2D eigenvalue weighted by Gasteiger charge is 2.16. The largest absolute Gasteiger partial charge is 0.354 e. The maximum atomic E-state index is 12.3. The van der Waals surface area contributed by atoms with Crippen LogP contribution in [0.3, 0.4) is 0 Å². The van der Waals surface area contributed by atoms with Crippen LogP contribution in [0.2, 0.25) is 0 Å². The second-order valence-electron chi connectivity index (χ2n) is 5.56. The van der Waals surface area contributed by atoms with Crippen LogP contribution in [0, 0.1) is 6.92 Å². The fourth-order valence-corrected chi connectivity index (χ4v) is 2.38. The van der Waals surface area contributed by atoms with Crippen LogP contribution in [0.15, 0.2) is 54.6 Å². The Balaban J connectivity index is 1.82. The highest BCUT2D eigenvalue weighted by Crippen LogP contribution is 2.06. The highest BCUT2D eigenvalue weighted by molar-refractivity contribution is 5.82. The zero-order chi connectivity index (χ0) is 15.8. The van der Waals surface area contributed by atoms with Crippen molar-refractivity contribution in [3.8, 4) is 0 Å². The first-order chi connectivity index (χ1) is 10.7. The second-order valence-corrected chi connectivity index (χ2v) is 5.56. The predicted molar refractivity (Wildman–Crippen MR) is 90.9 cm³/mol. The summed E-state index contributed by atoms with van der Waals surface area (Å²) in [5, 5.41) is 6.11. The molecular formula is C19H24N2O. The molecule has 22 heavy (non-hydrogen) atoms. The van der Waals surface area contributed by atoms with Gasteiger partial charge in [0, 0.05) is 6.54 Å². The van der Waals surface area contributed by atoms with Crippen molar-refractivity contribution in [1.82, 2.24) is 10.6 Å². The van der Waals surface area contributed by atoms with Gasteiger partial charge in [0.15, 0.2) is 0 Å². The molecule has 0 bridgehead atoms. The number of amides is 1. The molecule has 116 valence electrons. The van der Waals surface area contributed by atoms with Gasteiger partial charge in [0.25, 0.3) is 0 Å². The predicted octanol–water partition coefficient (Wildman–Crippen LogP) is 2.48. The van der Waals surface area contributed by atoms with Gasteiger partial charge in [-0.25, -0.2) is 0 Å². The highest BCUT2D eigenvalue weighted by atomic mass is 16.2. The van der Waals surface area contributed by atoms with Gasteiger partial charge in [0.2, 0.25) is 5.91 Å². The Bertz CT molecular complexity index is 578. The number of nitrogens with one attached hydrogen (secondary N) is 2. The molecule has 3 heteroatoms. The van der Waals surface area contributed by atoms with Crippen LogP contribution in [0.4, 0.5) is 0 Å². The van der Waals surface area contributed by atoms with E-state index in [2.05, 4.69) is 54.0 Å². The summed E-state index contributed by atoms with van der Waals surface area (Å²) in [5.41, 5.74) is 3.64. The average molecular weight is 296 g/mol. The van der Waals surface area contributed by atoms with E-state index in [0.29, 0.717) is 13.0 Å². The molecule has 0 saturated carbocycles. The summed E-state index contributed by atoms with van der Waals surface area (Å²) in [5.74, 6) is 0.0546. The maximum absolute atomic E-state index is 12.3. The summed E-state index contributed by atoms with van der Waals surface area (Å²) in [6.07, 6.45) is 1.56. The fourth-order valence-electron chi connectivity index (χ4n) is 2.38. The van der Waals surface area contributed by atoms with Gasteiger partial charge >= 0.3 is 0 Å². The Hall–Kier alpha value is -2.13. The zero-order valence-electron chi connectivity index (χ0n) is 13.3. The van der Waals surface area contributed by atoms with Crippen molar-refractivity contribution in [2.24, 2.45) is 0 Å². The molecule has 0 aliphatic rings. The number of hydrogen-bond donors (Lipinski definition) is 2. The molecule has 2 aromatic rings. The van der Waals surface area contributed by atoms with E-state index < -0.39 is 0 Å². The Kier molecular flexibility index (Phi) is 6.16. The van der Waals surface area contributed by atoms with Crippen LogP contribution in [0.1, 0.15) is 16.7 Å². The van der Waals surface area contributed by atoms with Crippen LogP contribution < -0.4 is 10.6 Å². The molecule has 0 saturated heterocycles. The third-order valence-corrected chi connectivity index (χ3v) is 3.78. The molecular weight excluding hydrogens is 272 g/mol. The number of rotatable bonds is 7. The Labute approximate surface area is 132 Å². The lowest BCUT2D eigenvalue weighted by Gasteiger charge is -2.16. The third kappa shape index (κ3) is 5.01. The van der Waals surface area contributed by atoms with E-state index in [4.69, 9.17) is 0 Å². The third-order valence-electron chi connectivity index (χ3n) is 3.78. The summed E-state index contributed by atoms with van der Waals surface area (Å²) in [4.78, 5) is 12.3. The molecule has 2 N–H and O–H groups in total. The number of hydrogen-bond acceptors (Lipinski definition) is 2. The summed E-state index contributed by atoms with van der Waals surface area (Å²) < 4.78 is 0. The molecule has 3 nitrogen and oxygen atoms in total. The summed E-state index contributed by atoms with van der Waals surface area (Å²) in [7, 11) is 1.83. The van der Waals surface area contributed by atoms with Crippen molar-refractivity contribution >= 4 is 5.91 Å². The Morgan fingerprint density at radius 2 is 1.68 bits per heavy atom. The monoisotopic (exact) mass is 296 g/mol. The van der Waals surface area contributed by atoms with Crippen LogP contribution in [0.25, 0.3) is 0 Å². The minimum absolute atomic E-state index is 0.0546. The molecule has 0 aliphatic heterocycles. The minimum Gasteiger partial charge on any atom is -0.354 e. The standard InChI is InChI=1S/C19H24N2O/c1-15-8-10-17(11-9-15)14-18(20-2)19(22)21-13-12-16-6-4-3-5-7-16/h3-11,18,20H,12-14H2,1-2H3,(H,21,22). The van der Waals surface area contributed by atoms with E-state index in [-0.39, 0.29) is 11.9 Å². The van der Waals surface area contributed by atoms with E-state index >= 15 is 0 Å². The molecule has 0 aliphatic carbocycles. The van der Waals surface area contributed by atoms with E-state index in [9.17, 15) is 4.79 Å². The van der Waals surface area contributed by atoms with Crippen LogP contribution in [-0.4, -0.2) is 25.5 Å². The van der Waals surface area contributed by atoms with Gasteiger partial charge in [0.05, 0.1) is 6.04 Å². The molecule has 0 radical (unpaired) electrons. The van der Waals surface area contributed by atoms with Gasteiger partial charge in [-0.3, -0.25) is 4.79 Å². The SMILES string of the molecule is CNC(Cc1ccc(C)cc1)C(=O)NCCc1ccccc1. The molecule has 0 heterocycles. The first-order valence-electron chi connectivity index (χ1n) is 7.73. The van der Waals surface area contributed by atoms with Crippen LogP contribution in [0.5, 0.6) is 0 Å². The van der Waals surface area contributed by atoms with Crippen molar-refractivity contribution in [2.45, 2.75) is 25.8 Å². The topological polar surface area (TPSA) is 41.1 Å². The molecule has 0 spiro atoms. The van der Waals surface area contributed by atoms with Gasteiger partial charge in [-0.15, -0.1) is 0 Å². The smallest absolute Gasteiger partial charge is 0.237 e. The molecule has 0 fully saturated rings. The number of carbonyl (C=O) groups excluding carboxylic acids is 1. The summed E-state index contributed by atoms with van der Waals surface area (Å²) >= 11 is 0. The number of aryl methyl sites for hydroxylation is 1. The van der Waals surface area contributed by atoms with Gasteiger partial charge in [-0.1, -0.05) is 60.2 Å². The minimum atomic E-state index is -0.196. The number of likely N-dealkylation sites (N-methyl/N-ethyl adjacent to an activating group) is 1. The average Bonchev–Trinajstić information content (AvgIpc) is 2.55. The zero-order valence-corrected chi connectivity index (χ0v) is 13.3. The molecule has 2 rings (SSSR count). The molecule has 1 unspecified atom stereocenters. The Morgan fingerprint density at radius 3 is 2.32 bits per heavy atom. The fraction of sp³-hybridized carbons (Fsp3) is 0.316. The first-order valence-corrected chi connectivity index (χ1v) is 7.73. The first kappa shape index (κ1) is 16.2. The van der Waals surface area contributed by atoms with Crippen molar-refractivity contribution < 1.29 is 4.79 Å². The van der Waals surface area contributed by atoms with Gasteiger partial charge in [0.1, 0.15) is 0 Å². The van der Waals surface area contributed by atoms with Gasteiger partial charge in [-0.2, -0.15) is 0 Å². The van der Waals surface area contributed by atoms with Crippen LogP contribution >= 0.6 is 0 Å². The van der Waals surface area contributed by atoms with Gasteiger partial charge < -0.3 is 10.6 Å². The van der Waals surface area contributed by atoms with Crippen LogP contribution in [-0.2, 0) is 17.6 Å². The van der Waals surface area contributed by atoms with Crippen molar-refractivity contribution in [3.63, 3.8) is 0 Å². The molecule has 1 atom stereocenters. The normalized spacial score (nSPS) is 11.9. The lowest BCUT2D eigenvalue weighted by molar-refractivity contribution is -0.122. The van der Waals surface area contributed by atoms with E-state index in [1.165, 1.54) is 16.7 Å². The molecule has 1 amide bonds. The van der Waals surface area contributed by atoms with E-state index in [1.807, 2.05) is 25.2 Å². The van der Waals surface area contributed by atoms with E-state index in [0.717, 1.165) is 6.42 Å². The lowest BCUT2D eigenvalue weighted by atomic mass is 10.0.